The minimum atomic E-state index is -0.698. The molecule has 2 saturated heterocycles. The van der Waals surface area contributed by atoms with Gasteiger partial charge in [-0.25, -0.2) is 9.97 Å². The van der Waals surface area contributed by atoms with Crippen molar-refractivity contribution in [1.29, 1.82) is 0 Å². The third-order valence-electron chi connectivity index (χ3n) is 7.06. The van der Waals surface area contributed by atoms with Gasteiger partial charge in [0, 0.05) is 5.02 Å². The second-order valence-electron chi connectivity index (χ2n) is 8.99. The topological polar surface area (TPSA) is 78.4 Å². The smallest absolute Gasteiger partial charge is 0.238 e. The van der Waals surface area contributed by atoms with E-state index >= 15 is 0 Å². The highest BCUT2D eigenvalue weighted by molar-refractivity contribution is 6.31. The highest BCUT2D eigenvalue weighted by Crippen LogP contribution is 2.53. The van der Waals surface area contributed by atoms with Crippen molar-refractivity contribution in [1.82, 2.24) is 9.97 Å². The lowest BCUT2D eigenvalue weighted by molar-refractivity contribution is -0.127. The lowest BCUT2D eigenvalue weighted by Gasteiger charge is -2.18. The molecule has 1 aromatic heterocycles. The van der Waals surface area contributed by atoms with Crippen molar-refractivity contribution in [3.05, 3.63) is 58.2 Å². The molecule has 0 amide bonds. The lowest BCUT2D eigenvalue weighted by atomic mass is 9.81. The number of benzene rings is 2. The predicted molar refractivity (Wildman–Crippen MR) is 118 cm³/mol. The Morgan fingerprint density at radius 3 is 2.28 bits per heavy atom. The fraction of sp³-hybridized carbons (Fsp3) is 0.360. The van der Waals surface area contributed by atoms with E-state index in [0.29, 0.717) is 27.7 Å². The molecule has 162 valence electrons. The van der Waals surface area contributed by atoms with Crippen LogP contribution in [0.15, 0.2) is 36.5 Å². The molecule has 2 aliphatic heterocycles. The normalized spacial score (nSPS) is 28.5. The van der Waals surface area contributed by atoms with Crippen LogP contribution in [0, 0.1) is 25.7 Å². The average molecular weight is 449 g/mol. The molecule has 3 fully saturated rings. The van der Waals surface area contributed by atoms with E-state index in [1.54, 1.807) is 24.4 Å². The number of ether oxygens (including phenoxy) is 2. The van der Waals surface area contributed by atoms with Crippen molar-refractivity contribution in [3.8, 4) is 11.6 Å². The van der Waals surface area contributed by atoms with Gasteiger partial charge in [-0.05, 0) is 73.7 Å². The van der Waals surface area contributed by atoms with E-state index in [-0.39, 0.29) is 35.6 Å². The fourth-order valence-corrected chi connectivity index (χ4v) is 5.96. The zero-order valence-electron chi connectivity index (χ0n) is 17.7. The molecular formula is C25H21ClN2O4. The van der Waals surface area contributed by atoms with Crippen LogP contribution in [0.2, 0.25) is 5.02 Å². The first-order valence-electron chi connectivity index (χ1n) is 10.8. The fourth-order valence-electron chi connectivity index (χ4n) is 5.80. The van der Waals surface area contributed by atoms with Gasteiger partial charge in [0.1, 0.15) is 11.7 Å². The molecule has 1 aliphatic carbocycles. The predicted octanol–water partition coefficient (Wildman–Crippen LogP) is 4.72. The van der Waals surface area contributed by atoms with Gasteiger partial charge in [-0.3, -0.25) is 9.59 Å². The molecule has 0 spiro atoms. The first-order chi connectivity index (χ1) is 15.4. The van der Waals surface area contributed by atoms with E-state index in [4.69, 9.17) is 21.1 Å². The molecule has 3 heterocycles. The van der Waals surface area contributed by atoms with Crippen LogP contribution < -0.4 is 4.74 Å². The van der Waals surface area contributed by atoms with Crippen LogP contribution in [-0.2, 0) is 14.3 Å². The summed E-state index contributed by atoms with van der Waals surface area (Å²) < 4.78 is 11.8. The van der Waals surface area contributed by atoms with E-state index in [9.17, 15) is 9.59 Å². The summed E-state index contributed by atoms with van der Waals surface area (Å²) in [6.45, 7) is 3.84. The Bertz CT molecular complexity index is 1260. The molecule has 32 heavy (non-hydrogen) atoms. The first-order valence-corrected chi connectivity index (χ1v) is 11.2. The van der Waals surface area contributed by atoms with Crippen molar-refractivity contribution >= 4 is 34.2 Å². The summed E-state index contributed by atoms with van der Waals surface area (Å²) in [6.07, 6.45) is 3.13. The lowest BCUT2D eigenvalue weighted by Crippen LogP contribution is -2.29. The number of ketones is 2. The minimum absolute atomic E-state index is 0.0196. The molecule has 1 unspecified atom stereocenters. The van der Waals surface area contributed by atoms with Crippen molar-refractivity contribution in [2.75, 3.05) is 0 Å². The Balaban J connectivity index is 1.31. The summed E-state index contributed by atoms with van der Waals surface area (Å²) in [7, 11) is 0. The number of aryl methyl sites for hydroxylation is 2. The SMILES string of the molecule is Cc1cc(Oc2cnc3cc(Cl)ccc3n2)cc(C)c1C1C(=O)[C@@H]2[C@H](C1=O)[C@H]1CC[C@@H]2O1. The van der Waals surface area contributed by atoms with E-state index in [2.05, 4.69) is 9.97 Å². The summed E-state index contributed by atoms with van der Waals surface area (Å²) in [5.41, 5.74) is 3.90. The number of hydrogen-bond acceptors (Lipinski definition) is 6. The maximum absolute atomic E-state index is 13.3. The van der Waals surface area contributed by atoms with Crippen LogP contribution in [0.1, 0.15) is 35.4 Å². The molecule has 6 nitrogen and oxygen atoms in total. The standard InChI is InChI=1S/C25H21ClN2O4/c1-11-7-14(31-19-10-27-16-9-13(26)3-4-15(16)28-19)8-12(2)20(11)23-24(29)21-17-5-6-18(32-17)22(21)25(23)30/h3-4,7-10,17-18,21-23H,5-6H2,1-2H3/t17-,18+,21-,22+,23?. The number of aromatic nitrogens is 2. The van der Waals surface area contributed by atoms with Crippen LogP contribution in [-0.4, -0.2) is 33.7 Å². The Morgan fingerprint density at radius 2 is 1.62 bits per heavy atom. The summed E-state index contributed by atoms with van der Waals surface area (Å²) in [6, 6.07) is 9.01. The minimum Gasteiger partial charge on any atom is -0.437 e. The molecule has 2 bridgehead atoms. The highest BCUT2D eigenvalue weighted by atomic mass is 35.5. The van der Waals surface area contributed by atoms with E-state index in [1.807, 2.05) is 26.0 Å². The number of halogens is 1. The third kappa shape index (κ3) is 2.90. The van der Waals surface area contributed by atoms with Crippen LogP contribution in [0.25, 0.3) is 11.0 Å². The zero-order valence-corrected chi connectivity index (χ0v) is 18.4. The number of carbonyl (C=O) groups excluding carboxylic acids is 2. The Morgan fingerprint density at radius 1 is 0.969 bits per heavy atom. The van der Waals surface area contributed by atoms with Gasteiger partial charge >= 0.3 is 0 Å². The van der Waals surface area contributed by atoms with E-state index < -0.39 is 5.92 Å². The van der Waals surface area contributed by atoms with Crippen LogP contribution in [0.3, 0.4) is 0 Å². The van der Waals surface area contributed by atoms with Gasteiger partial charge in [0.15, 0.2) is 11.6 Å². The Kier molecular flexibility index (Phi) is 4.39. The number of fused-ring (bicyclic) bond motifs is 6. The van der Waals surface area contributed by atoms with E-state index in [0.717, 1.165) is 29.5 Å². The number of hydrogen-bond donors (Lipinski definition) is 0. The molecule has 2 aromatic carbocycles. The number of carbonyl (C=O) groups is 2. The van der Waals surface area contributed by atoms with Gasteiger partial charge in [-0.15, -0.1) is 0 Å². The van der Waals surface area contributed by atoms with Gasteiger partial charge in [0.05, 0.1) is 41.3 Å². The summed E-state index contributed by atoms with van der Waals surface area (Å²) in [5, 5.41) is 0.599. The molecule has 6 rings (SSSR count). The largest absolute Gasteiger partial charge is 0.437 e. The number of rotatable bonds is 3. The van der Waals surface area contributed by atoms with Gasteiger partial charge in [0.2, 0.25) is 5.88 Å². The zero-order chi connectivity index (χ0) is 22.1. The molecular weight excluding hydrogens is 428 g/mol. The molecule has 5 atom stereocenters. The molecule has 1 saturated carbocycles. The second kappa shape index (κ2) is 7.09. The van der Waals surface area contributed by atoms with Gasteiger partial charge in [-0.1, -0.05) is 11.6 Å². The molecule has 0 radical (unpaired) electrons. The van der Waals surface area contributed by atoms with Gasteiger partial charge in [0.25, 0.3) is 0 Å². The monoisotopic (exact) mass is 448 g/mol. The van der Waals surface area contributed by atoms with Gasteiger partial charge in [-0.2, -0.15) is 0 Å². The van der Waals surface area contributed by atoms with Crippen molar-refractivity contribution in [3.63, 3.8) is 0 Å². The Hall–Kier alpha value is -2.83. The molecule has 3 aromatic rings. The number of nitrogens with zero attached hydrogens (tertiary/aromatic N) is 2. The van der Waals surface area contributed by atoms with Crippen LogP contribution >= 0.6 is 11.6 Å². The highest BCUT2D eigenvalue weighted by Gasteiger charge is 2.63. The maximum Gasteiger partial charge on any atom is 0.238 e. The molecule has 3 aliphatic rings. The second-order valence-corrected chi connectivity index (χ2v) is 9.43. The van der Waals surface area contributed by atoms with Crippen LogP contribution in [0.4, 0.5) is 0 Å². The summed E-state index contributed by atoms with van der Waals surface area (Å²) in [5.74, 6) is -0.256. The first kappa shape index (κ1) is 19.8. The number of Topliss-reactive ketones (excluding diaryl/α,β-unsaturated/α-hetero) is 2. The molecule has 0 N–H and O–H groups in total. The van der Waals surface area contributed by atoms with Crippen molar-refractivity contribution < 1.29 is 19.1 Å². The van der Waals surface area contributed by atoms with Crippen LogP contribution in [0.5, 0.6) is 11.6 Å². The summed E-state index contributed by atoms with van der Waals surface area (Å²) in [4.78, 5) is 35.4. The third-order valence-corrected chi connectivity index (χ3v) is 7.29. The van der Waals surface area contributed by atoms with E-state index in [1.165, 1.54) is 0 Å². The summed E-state index contributed by atoms with van der Waals surface area (Å²) >= 11 is 6.01. The Labute approximate surface area is 189 Å². The van der Waals surface area contributed by atoms with Crippen molar-refractivity contribution in [2.24, 2.45) is 11.8 Å². The molecule has 7 heteroatoms. The maximum atomic E-state index is 13.3. The quantitative estimate of drug-likeness (QED) is 0.539. The average Bonchev–Trinajstić information content (AvgIpc) is 3.43. The van der Waals surface area contributed by atoms with Gasteiger partial charge < -0.3 is 9.47 Å². The van der Waals surface area contributed by atoms with Crippen molar-refractivity contribution in [2.45, 2.75) is 44.8 Å².